The molecule has 17 heavy (non-hydrogen) atoms. The molecular formula is C13H16N2O2. The van der Waals surface area contributed by atoms with E-state index in [2.05, 4.69) is 22.5 Å². The molecule has 0 aliphatic heterocycles. The molecule has 0 aromatic rings. The first-order valence-electron chi connectivity index (χ1n) is 5.63. The molecule has 90 valence electrons. The van der Waals surface area contributed by atoms with Crippen molar-refractivity contribution in [2.24, 2.45) is 11.8 Å². The molecule has 0 saturated heterocycles. The van der Waals surface area contributed by atoms with Gasteiger partial charge < -0.3 is 10.6 Å². The van der Waals surface area contributed by atoms with Crippen molar-refractivity contribution in [2.75, 3.05) is 13.1 Å². The van der Waals surface area contributed by atoms with Crippen LogP contribution in [0.3, 0.4) is 0 Å². The molecule has 2 atom stereocenters. The van der Waals surface area contributed by atoms with E-state index in [9.17, 15) is 9.59 Å². The van der Waals surface area contributed by atoms with Gasteiger partial charge in [-0.25, -0.2) is 0 Å². The van der Waals surface area contributed by atoms with Gasteiger partial charge in [0.1, 0.15) is 0 Å². The highest BCUT2D eigenvalue weighted by atomic mass is 16.2. The van der Waals surface area contributed by atoms with E-state index in [4.69, 9.17) is 12.8 Å². The lowest BCUT2D eigenvalue weighted by molar-refractivity contribution is -0.133. The second kappa shape index (κ2) is 6.60. The molecule has 1 rings (SSSR count). The van der Waals surface area contributed by atoms with Crippen molar-refractivity contribution in [1.29, 1.82) is 0 Å². The van der Waals surface area contributed by atoms with Gasteiger partial charge in [0.05, 0.1) is 13.1 Å². The van der Waals surface area contributed by atoms with Crippen molar-refractivity contribution in [3.8, 4) is 24.7 Å². The molecule has 0 aromatic heterocycles. The fourth-order valence-electron chi connectivity index (χ4n) is 2.13. The first-order chi connectivity index (χ1) is 8.20. The maximum absolute atomic E-state index is 11.8. The Morgan fingerprint density at radius 3 is 1.76 bits per heavy atom. The van der Waals surface area contributed by atoms with Crippen molar-refractivity contribution < 1.29 is 9.59 Å². The lowest BCUT2D eigenvalue weighted by Crippen LogP contribution is -2.39. The van der Waals surface area contributed by atoms with E-state index in [1.165, 1.54) is 0 Å². The van der Waals surface area contributed by atoms with Gasteiger partial charge in [-0.15, -0.1) is 12.8 Å². The molecule has 1 aliphatic rings. The lowest BCUT2D eigenvalue weighted by atomic mass is 9.94. The van der Waals surface area contributed by atoms with Crippen LogP contribution in [0.5, 0.6) is 0 Å². The molecule has 1 saturated carbocycles. The van der Waals surface area contributed by atoms with Gasteiger partial charge in [-0.1, -0.05) is 18.3 Å². The molecular weight excluding hydrogens is 216 g/mol. The lowest BCUT2D eigenvalue weighted by Gasteiger charge is -2.17. The zero-order valence-electron chi connectivity index (χ0n) is 9.66. The third-order valence-corrected chi connectivity index (χ3v) is 2.92. The van der Waals surface area contributed by atoms with E-state index in [0.29, 0.717) is 0 Å². The van der Waals surface area contributed by atoms with Crippen LogP contribution in [-0.4, -0.2) is 24.9 Å². The Labute approximate surface area is 102 Å². The molecule has 2 amide bonds. The van der Waals surface area contributed by atoms with Gasteiger partial charge in [0.2, 0.25) is 11.8 Å². The van der Waals surface area contributed by atoms with Crippen LogP contribution in [0.15, 0.2) is 0 Å². The number of carbonyl (C=O) groups excluding carboxylic acids is 2. The minimum atomic E-state index is -0.277. The summed E-state index contributed by atoms with van der Waals surface area (Å²) >= 11 is 0. The van der Waals surface area contributed by atoms with Crippen LogP contribution in [0, 0.1) is 36.5 Å². The summed E-state index contributed by atoms with van der Waals surface area (Å²) in [4.78, 5) is 23.5. The average Bonchev–Trinajstić information content (AvgIpc) is 2.82. The highest BCUT2D eigenvalue weighted by molar-refractivity contribution is 5.88. The monoisotopic (exact) mass is 232 g/mol. The molecule has 4 heteroatoms. The molecule has 0 bridgehead atoms. The highest BCUT2D eigenvalue weighted by Gasteiger charge is 2.37. The summed E-state index contributed by atoms with van der Waals surface area (Å²) in [6.07, 6.45) is 12.5. The number of hydrogen-bond acceptors (Lipinski definition) is 2. The van der Waals surface area contributed by atoms with E-state index < -0.39 is 0 Å². The van der Waals surface area contributed by atoms with Crippen LogP contribution in [0.2, 0.25) is 0 Å². The first kappa shape index (κ1) is 13.1. The molecule has 0 aromatic carbocycles. The zero-order valence-corrected chi connectivity index (χ0v) is 9.66. The van der Waals surface area contributed by atoms with E-state index in [0.717, 1.165) is 19.3 Å². The summed E-state index contributed by atoms with van der Waals surface area (Å²) < 4.78 is 0. The van der Waals surface area contributed by atoms with Gasteiger partial charge in [0.25, 0.3) is 0 Å². The van der Waals surface area contributed by atoms with Crippen molar-refractivity contribution in [3.63, 3.8) is 0 Å². The Hall–Kier alpha value is -1.94. The summed E-state index contributed by atoms with van der Waals surface area (Å²) in [7, 11) is 0. The Balaban J connectivity index is 2.54. The molecule has 0 heterocycles. The molecule has 1 fully saturated rings. The Morgan fingerprint density at radius 2 is 1.41 bits per heavy atom. The maximum Gasteiger partial charge on any atom is 0.224 e. The molecule has 1 aliphatic carbocycles. The second-order valence-corrected chi connectivity index (χ2v) is 3.99. The van der Waals surface area contributed by atoms with Gasteiger partial charge in [-0.2, -0.15) is 0 Å². The van der Waals surface area contributed by atoms with Crippen molar-refractivity contribution in [1.82, 2.24) is 10.6 Å². The predicted molar refractivity (Wildman–Crippen MR) is 64.5 cm³/mol. The Kier molecular flexibility index (Phi) is 5.10. The number of terminal acetylenes is 2. The van der Waals surface area contributed by atoms with Crippen molar-refractivity contribution in [2.45, 2.75) is 19.3 Å². The van der Waals surface area contributed by atoms with Crippen LogP contribution in [-0.2, 0) is 9.59 Å². The number of nitrogens with one attached hydrogen (secondary N) is 2. The van der Waals surface area contributed by atoms with E-state index in [1.807, 2.05) is 0 Å². The van der Waals surface area contributed by atoms with Gasteiger partial charge in [-0.05, 0) is 12.8 Å². The van der Waals surface area contributed by atoms with Crippen molar-refractivity contribution >= 4 is 11.8 Å². The van der Waals surface area contributed by atoms with E-state index in [1.54, 1.807) is 0 Å². The van der Waals surface area contributed by atoms with Crippen LogP contribution < -0.4 is 10.6 Å². The standard InChI is InChI=1S/C13H16N2O2/c1-3-8-14-12(16)10-6-5-7-11(10)13(17)15-9-4-2/h1-2,10-11H,5-9H2,(H,14,16)(H,15,17)/t10-,11+. The molecule has 0 unspecified atom stereocenters. The third kappa shape index (κ3) is 3.53. The second-order valence-electron chi connectivity index (χ2n) is 3.99. The summed E-state index contributed by atoms with van der Waals surface area (Å²) in [5, 5.41) is 5.24. The van der Waals surface area contributed by atoms with Gasteiger partial charge in [-0.3, -0.25) is 9.59 Å². The predicted octanol–water partition coefficient (Wildman–Crippen LogP) is -0.0985. The molecule has 2 N–H and O–H groups in total. The summed E-state index contributed by atoms with van der Waals surface area (Å²) in [5.41, 5.74) is 0. The van der Waals surface area contributed by atoms with Crippen molar-refractivity contribution in [3.05, 3.63) is 0 Å². The molecule has 0 spiro atoms. The Morgan fingerprint density at radius 1 is 1.00 bits per heavy atom. The first-order valence-corrected chi connectivity index (χ1v) is 5.63. The van der Waals surface area contributed by atoms with Crippen LogP contribution in [0.25, 0.3) is 0 Å². The normalized spacial score (nSPS) is 22.2. The number of carbonyl (C=O) groups is 2. The molecule has 0 radical (unpaired) electrons. The van der Waals surface area contributed by atoms with E-state index in [-0.39, 0.29) is 36.7 Å². The molecule has 4 nitrogen and oxygen atoms in total. The number of amides is 2. The quantitative estimate of drug-likeness (QED) is 0.665. The number of hydrogen-bond donors (Lipinski definition) is 2. The number of rotatable bonds is 4. The minimum Gasteiger partial charge on any atom is -0.345 e. The summed E-state index contributed by atoms with van der Waals surface area (Å²) in [6.45, 7) is 0.405. The Bertz CT molecular complexity index is 340. The zero-order chi connectivity index (χ0) is 12.7. The van der Waals surface area contributed by atoms with Crippen LogP contribution in [0.4, 0.5) is 0 Å². The largest absolute Gasteiger partial charge is 0.345 e. The van der Waals surface area contributed by atoms with E-state index >= 15 is 0 Å². The smallest absolute Gasteiger partial charge is 0.224 e. The highest BCUT2D eigenvalue weighted by Crippen LogP contribution is 2.31. The minimum absolute atomic E-state index is 0.138. The van der Waals surface area contributed by atoms with Crippen LogP contribution in [0.1, 0.15) is 19.3 Å². The summed E-state index contributed by atoms with van der Waals surface area (Å²) in [5.74, 6) is 3.85. The maximum atomic E-state index is 11.8. The fraction of sp³-hybridized carbons (Fsp3) is 0.538. The third-order valence-electron chi connectivity index (χ3n) is 2.92. The SMILES string of the molecule is C#CCNC(=O)[C@H]1CCC[C@H]1C(=O)NCC#C. The van der Waals surface area contributed by atoms with Gasteiger partial charge in [0, 0.05) is 11.8 Å². The van der Waals surface area contributed by atoms with Gasteiger partial charge in [0.15, 0.2) is 0 Å². The van der Waals surface area contributed by atoms with Gasteiger partial charge >= 0.3 is 0 Å². The fourth-order valence-corrected chi connectivity index (χ4v) is 2.13. The topological polar surface area (TPSA) is 58.2 Å². The summed E-state index contributed by atoms with van der Waals surface area (Å²) in [6, 6.07) is 0. The van der Waals surface area contributed by atoms with Crippen LogP contribution >= 0.6 is 0 Å². The average molecular weight is 232 g/mol.